The van der Waals surface area contributed by atoms with E-state index in [0.717, 1.165) is 6.07 Å². The Morgan fingerprint density at radius 1 is 1.46 bits per heavy atom. The van der Waals surface area contributed by atoms with Crippen molar-refractivity contribution < 1.29 is 28.3 Å². The minimum Gasteiger partial charge on any atom is -0.492 e. The summed E-state index contributed by atoms with van der Waals surface area (Å²) in [7, 11) is 0. The highest BCUT2D eigenvalue weighted by atomic mass is 19.3. The van der Waals surface area contributed by atoms with Crippen LogP contribution in [0.5, 0.6) is 5.75 Å². The SMILES string of the molecule is CC1CN(CCOc2ccc([N+](=O)[O-])cc2C=C(F)F)CCN1C(=O)O. The minimum absolute atomic E-state index is 0.0664. The van der Waals surface area contributed by atoms with Crippen LogP contribution in [-0.2, 0) is 0 Å². The maximum atomic E-state index is 12.6. The number of nitro groups is 1. The van der Waals surface area contributed by atoms with Gasteiger partial charge < -0.3 is 14.7 Å². The predicted octanol–water partition coefficient (Wildman–Crippen LogP) is 2.90. The van der Waals surface area contributed by atoms with Gasteiger partial charge >= 0.3 is 6.09 Å². The predicted molar refractivity (Wildman–Crippen MR) is 89.4 cm³/mol. The first-order chi connectivity index (χ1) is 12.3. The Hall–Kier alpha value is -2.75. The summed E-state index contributed by atoms with van der Waals surface area (Å²) in [6, 6.07) is 3.36. The van der Waals surface area contributed by atoms with E-state index in [9.17, 15) is 23.7 Å². The molecule has 2 rings (SSSR count). The number of nitro benzene ring substituents is 1. The second kappa shape index (κ2) is 8.56. The van der Waals surface area contributed by atoms with Gasteiger partial charge in [0.2, 0.25) is 0 Å². The number of hydrogen-bond acceptors (Lipinski definition) is 5. The molecule has 1 atom stereocenters. The molecule has 0 radical (unpaired) electrons. The van der Waals surface area contributed by atoms with Crippen molar-refractivity contribution in [2.45, 2.75) is 13.0 Å². The number of nitrogens with zero attached hydrogens (tertiary/aromatic N) is 3. The molecule has 1 aliphatic heterocycles. The number of piperazine rings is 1. The Kier molecular flexibility index (Phi) is 6.45. The number of carbonyl (C=O) groups is 1. The summed E-state index contributed by atoms with van der Waals surface area (Å²) in [5, 5.41) is 19.8. The molecule has 10 heteroatoms. The number of carboxylic acid groups (broad SMARTS) is 1. The second-order valence-electron chi connectivity index (χ2n) is 5.89. The molecule has 26 heavy (non-hydrogen) atoms. The number of halogens is 2. The van der Waals surface area contributed by atoms with Crippen LogP contribution >= 0.6 is 0 Å². The van der Waals surface area contributed by atoms with Gasteiger partial charge in [0, 0.05) is 56.0 Å². The molecule has 1 amide bonds. The van der Waals surface area contributed by atoms with Gasteiger partial charge in [-0.2, -0.15) is 8.78 Å². The van der Waals surface area contributed by atoms with Gasteiger partial charge in [-0.15, -0.1) is 0 Å². The third kappa shape index (κ3) is 5.12. The van der Waals surface area contributed by atoms with E-state index in [-0.39, 0.29) is 29.6 Å². The highest BCUT2D eigenvalue weighted by molar-refractivity contribution is 5.65. The highest BCUT2D eigenvalue weighted by Gasteiger charge is 2.26. The molecule has 1 aromatic carbocycles. The molecular weight excluding hydrogens is 352 g/mol. The van der Waals surface area contributed by atoms with Crippen LogP contribution in [0.1, 0.15) is 12.5 Å². The van der Waals surface area contributed by atoms with E-state index in [1.807, 2.05) is 11.8 Å². The summed E-state index contributed by atoms with van der Waals surface area (Å²) in [5.74, 6) is 0.126. The molecule has 0 spiro atoms. The fraction of sp³-hybridized carbons (Fsp3) is 0.438. The number of rotatable bonds is 6. The lowest BCUT2D eigenvalue weighted by Gasteiger charge is -2.38. The third-order valence-electron chi connectivity index (χ3n) is 4.09. The summed E-state index contributed by atoms with van der Waals surface area (Å²) < 4.78 is 30.6. The van der Waals surface area contributed by atoms with Crippen molar-refractivity contribution in [1.82, 2.24) is 9.80 Å². The third-order valence-corrected chi connectivity index (χ3v) is 4.09. The standard InChI is InChI=1S/C16H19F2N3O5/c1-11-10-19(4-5-20(11)16(22)23)6-7-26-14-3-2-13(21(24)25)8-12(14)9-15(17)18/h2-3,8-9,11H,4-7,10H2,1H3,(H,22,23). The lowest BCUT2D eigenvalue weighted by Crippen LogP contribution is -2.54. The van der Waals surface area contributed by atoms with Gasteiger partial charge in [0.25, 0.3) is 11.8 Å². The van der Waals surface area contributed by atoms with Gasteiger partial charge in [0.15, 0.2) is 0 Å². The molecule has 1 aromatic rings. The molecule has 0 bridgehead atoms. The van der Waals surface area contributed by atoms with Crippen LogP contribution in [0.15, 0.2) is 24.3 Å². The van der Waals surface area contributed by atoms with Crippen molar-refractivity contribution >= 4 is 17.9 Å². The fourth-order valence-corrected chi connectivity index (χ4v) is 2.82. The van der Waals surface area contributed by atoms with Crippen molar-refractivity contribution in [1.29, 1.82) is 0 Å². The number of hydrogen-bond donors (Lipinski definition) is 1. The van der Waals surface area contributed by atoms with Gasteiger partial charge in [0.05, 0.1) is 4.92 Å². The lowest BCUT2D eigenvalue weighted by molar-refractivity contribution is -0.384. The Morgan fingerprint density at radius 3 is 2.77 bits per heavy atom. The van der Waals surface area contributed by atoms with E-state index in [1.54, 1.807) is 0 Å². The van der Waals surface area contributed by atoms with E-state index >= 15 is 0 Å². The fourth-order valence-electron chi connectivity index (χ4n) is 2.82. The molecule has 1 fully saturated rings. The normalized spacial score (nSPS) is 17.7. The molecular formula is C16H19F2N3O5. The lowest BCUT2D eigenvalue weighted by atomic mass is 10.1. The van der Waals surface area contributed by atoms with Gasteiger partial charge in [-0.3, -0.25) is 15.0 Å². The van der Waals surface area contributed by atoms with Crippen molar-refractivity contribution in [3.63, 3.8) is 0 Å². The van der Waals surface area contributed by atoms with Crippen LogP contribution in [0.3, 0.4) is 0 Å². The molecule has 0 saturated carbocycles. The summed E-state index contributed by atoms with van der Waals surface area (Å²) >= 11 is 0. The van der Waals surface area contributed by atoms with Crippen LogP contribution in [-0.4, -0.2) is 64.8 Å². The zero-order valence-corrected chi connectivity index (χ0v) is 14.1. The van der Waals surface area contributed by atoms with E-state index < -0.39 is 17.1 Å². The number of benzene rings is 1. The van der Waals surface area contributed by atoms with Crippen LogP contribution < -0.4 is 4.74 Å². The molecule has 1 saturated heterocycles. The molecule has 1 aliphatic rings. The van der Waals surface area contributed by atoms with E-state index in [4.69, 9.17) is 9.84 Å². The monoisotopic (exact) mass is 371 g/mol. The van der Waals surface area contributed by atoms with Crippen LogP contribution in [0.25, 0.3) is 6.08 Å². The largest absolute Gasteiger partial charge is 0.492 e. The topological polar surface area (TPSA) is 96.2 Å². The minimum atomic E-state index is -1.98. The van der Waals surface area contributed by atoms with Crippen molar-refractivity contribution in [2.75, 3.05) is 32.8 Å². The molecule has 1 heterocycles. The highest BCUT2D eigenvalue weighted by Crippen LogP contribution is 2.27. The average Bonchev–Trinajstić information content (AvgIpc) is 2.55. The Morgan fingerprint density at radius 2 is 2.19 bits per heavy atom. The summed E-state index contributed by atoms with van der Waals surface area (Å²) in [6.45, 7) is 3.95. The van der Waals surface area contributed by atoms with Gasteiger partial charge in [-0.1, -0.05) is 0 Å². The zero-order valence-electron chi connectivity index (χ0n) is 14.1. The van der Waals surface area contributed by atoms with Gasteiger partial charge in [-0.05, 0) is 13.0 Å². The van der Waals surface area contributed by atoms with E-state index in [0.29, 0.717) is 32.3 Å². The first kappa shape index (κ1) is 19.6. The van der Waals surface area contributed by atoms with Crippen LogP contribution in [0.2, 0.25) is 0 Å². The van der Waals surface area contributed by atoms with Gasteiger partial charge in [-0.25, -0.2) is 4.79 Å². The molecule has 1 N–H and O–H groups in total. The van der Waals surface area contributed by atoms with Crippen molar-refractivity contribution in [3.8, 4) is 5.75 Å². The Balaban J connectivity index is 1.96. The smallest absolute Gasteiger partial charge is 0.407 e. The average molecular weight is 371 g/mol. The van der Waals surface area contributed by atoms with E-state index in [1.165, 1.54) is 17.0 Å². The van der Waals surface area contributed by atoms with Crippen LogP contribution in [0.4, 0.5) is 19.3 Å². The summed E-state index contributed by atoms with van der Waals surface area (Å²) in [5.41, 5.74) is -0.369. The summed E-state index contributed by atoms with van der Waals surface area (Å²) in [6.07, 6.45) is -2.41. The first-order valence-corrected chi connectivity index (χ1v) is 7.93. The zero-order chi connectivity index (χ0) is 19.3. The number of amides is 1. The number of non-ortho nitro benzene ring substituents is 1. The van der Waals surface area contributed by atoms with E-state index in [2.05, 4.69) is 0 Å². The number of ether oxygens (including phenoxy) is 1. The second-order valence-corrected chi connectivity index (χ2v) is 5.89. The molecule has 0 aromatic heterocycles. The first-order valence-electron chi connectivity index (χ1n) is 7.93. The van der Waals surface area contributed by atoms with Crippen molar-refractivity contribution in [3.05, 3.63) is 40.0 Å². The summed E-state index contributed by atoms with van der Waals surface area (Å²) in [4.78, 5) is 24.5. The molecule has 0 aliphatic carbocycles. The van der Waals surface area contributed by atoms with Crippen molar-refractivity contribution in [2.24, 2.45) is 0 Å². The maximum absolute atomic E-state index is 12.6. The molecule has 1 unspecified atom stereocenters. The maximum Gasteiger partial charge on any atom is 0.407 e. The van der Waals surface area contributed by atoms with Gasteiger partial charge in [0.1, 0.15) is 12.4 Å². The molecule has 142 valence electrons. The Labute approximate surface area is 148 Å². The van der Waals surface area contributed by atoms with Crippen LogP contribution in [0, 0.1) is 10.1 Å². The molecule has 8 nitrogen and oxygen atoms in total. The quantitative estimate of drug-likeness (QED) is 0.610. The Bertz CT molecular complexity index is 709.